The predicted molar refractivity (Wildman–Crippen MR) is 86.8 cm³/mol. The molecule has 0 aliphatic heterocycles. The lowest BCUT2D eigenvalue weighted by Gasteiger charge is -2.16. The zero-order chi connectivity index (χ0) is 14.8. The smallest absolute Gasteiger partial charge is 0.159 e. The van der Waals surface area contributed by atoms with Gasteiger partial charge in [-0.1, -0.05) is 30.1 Å². The van der Waals surface area contributed by atoms with Crippen LogP contribution in [0.1, 0.15) is 37.6 Å². The Kier molecular flexibility index (Phi) is 4.36. The van der Waals surface area contributed by atoms with Crippen LogP contribution in [0.25, 0.3) is 5.82 Å². The van der Waals surface area contributed by atoms with Gasteiger partial charge in [-0.05, 0) is 38.2 Å². The van der Waals surface area contributed by atoms with E-state index in [1.54, 1.807) is 6.07 Å². The summed E-state index contributed by atoms with van der Waals surface area (Å²) in [5.41, 5.74) is 2.39. The maximum absolute atomic E-state index is 6.35. The molecule has 1 aliphatic carbocycles. The number of hydrogen-bond acceptors (Lipinski definition) is 3. The van der Waals surface area contributed by atoms with Gasteiger partial charge in [-0.15, -0.1) is 0 Å². The topological polar surface area (TPSA) is 42.7 Å². The van der Waals surface area contributed by atoms with Gasteiger partial charge in [-0.2, -0.15) is 0 Å². The lowest BCUT2D eigenvalue weighted by atomic mass is 10.0. The van der Waals surface area contributed by atoms with E-state index in [9.17, 15) is 0 Å². The van der Waals surface area contributed by atoms with Gasteiger partial charge in [0, 0.05) is 12.2 Å². The number of anilines is 1. The molecule has 1 aliphatic rings. The maximum atomic E-state index is 6.35. The first-order valence-corrected chi connectivity index (χ1v) is 8.11. The third kappa shape index (κ3) is 2.87. The molecule has 0 amide bonds. The van der Waals surface area contributed by atoms with Crippen molar-refractivity contribution in [1.29, 1.82) is 0 Å². The molecule has 21 heavy (non-hydrogen) atoms. The Morgan fingerprint density at radius 1 is 1.24 bits per heavy atom. The summed E-state index contributed by atoms with van der Waals surface area (Å²) in [6, 6.07) is 1.75. The Balaban J connectivity index is 2.03. The minimum absolute atomic E-state index is 0.547. The highest BCUT2D eigenvalue weighted by Crippen LogP contribution is 2.31. The minimum Gasteiger partial charge on any atom is -0.369 e. The van der Waals surface area contributed by atoms with Crippen LogP contribution in [0.2, 0.25) is 10.0 Å². The molecule has 0 fully saturated rings. The third-order valence-corrected chi connectivity index (χ3v) is 4.28. The van der Waals surface area contributed by atoms with E-state index in [1.807, 2.05) is 10.9 Å². The Labute approximate surface area is 134 Å². The highest BCUT2D eigenvalue weighted by atomic mass is 35.5. The molecular weight excluding hydrogens is 307 g/mol. The number of aryl methyl sites for hydroxylation is 1. The van der Waals surface area contributed by atoms with Gasteiger partial charge < -0.3 is 5.32 Å². The number of fused-ring (bicyclic) bond motifs is 1. The van der Waals surface area contributed by atoms with E-state index in [0.29, 0.717) is 21.7 Å². The summed E-state index contributed by atoms with van der Waals surface area (Å²) in [6.45, 7) is 2.93. The van der Waals surface area contributed by atoms with E-state index < -0.39 is 0 Å². The van der Waals surface area contributed by atoms with Crippen molar-refractivity contribution in [1.82, 2.24) is 14.5 Å². The van der Waals surface area contributed by atoms with Gasteiger partial charge >= 0.3 is 0 Å². The van der Waals surface area contributed by atoms with Gasteiger partial charge in [0.2, 0.25) is 0 Å². The number of hydrogen-bond donors (Lipinski definition) is 1. The van der Waals surface area contributed by atoms with Crippen molar-refractivity contribution in [2.24, 2.45) is 0 Å². The summed E-state index contributed by atoms with van der Waals surface area (Å²) in [6.07, 6.45) is 7.28. The third-order valence-electron chi connectivity index (χ3n) is 3.71. The van der Waals surface area contributed by atoms with Gasteiger partial charge in [-0.25, -0.2) is 9.97 Å². The molecule has 112 valence electrons. The van der Waals surface area contributed by atoms with E-state index >= 15 is 0 Å². The Hall–Kier alpha value is -1.26. The standard InChI is InChI=1S/C15H18Cl2N4/c1-2-7-18-14-10(16)8-11(17)15(20-14)21-9-19-12-5-3-4-6-13(12)21/h8-9H,2-7H2,1H3,(H,18,20). The molecule has 6 heteroatoms. The number of nitrogens with one attached hydrogen (secondary N) is 1. The van der Waals surface area contributed by atoms with Crippen LogP contribution in [-0.4, -0.2) is 21.1 Å². The van der Waals surface area contributed by atoms with Crippen LogP contribution in [0.3, 0.4) is 0 Å². The summed E-state index contributed by atoms with van der Waals surface area (Å²) in [5, 5.41) is 4.33. The van der Waals surface area contributed by atoms with E-state index in [2.05, 4.69) is 22.2 Å². The second kappa shape index (κ2) is 6.24. The minimum atomic E-state index is 0.547. The SMILES string of the molecule is CCCNc1nc(-n2cnc3c2CCCC3)c(Cl)cc1Cl. The first-order chi connectivity index (χ1) is 10.2. The van der Waals surface area contributed by atoms with Crippen molar-refractivity contribution in [3.8, 4) is 5.82 Å². The molecule has 0 saturated carbocycles. The molecule has 0 saturated heterocycles. The summed E-state index contributed by atoms with van der Waals surface area (Å²) in [4.78, 5) is 9.11. The second-order valence-corrected chi connectivity index (χ2v) is 6.08. The Morgan fingerprint density at radius 3 is 2.86 bits per heavy atom. The van der Waals surface area contributed by atoms with E-state index in [-0.39, 0.29) is 0 Å². The zero-order valence-electron chi connectivity index (χ0n) is 12.0. The average molecular weight is 325 g/mol. The number of imidazole rings is 1. The van der Waals surface area contributed by atoms with Crippen molar-refractivity contribution in [3.63, 3.8) is 0 Å². The molecule has 0 atom stereocenters. The highest BCUT2D eigenvalue weighted by molar-refractivity contribution is 6.36. The monoisotopic (exact) mass is 324 g/mol. The maximum Gasteiger partial charge on any atom is 0.159 e. The largest absolute Gasteiger partial charge is 0.369 e. The van der Waals surface area contributed by atoms with Crippen molar-refractivity contribution in [3.05, 3.63) is 33.8 Å². The lowest BCUT2D eigenvalue weighted by Crippen LogP contribution is -2.10. The van der Waals surface area contributed by atoms with Crippen molar-refractivity contribution in [2.45, 2.75) is 39.0 Å². The first-order valence-electron chi connectivity index (χ1n) is 7.36. The van der Waals surface area contributed by atoms with Gasteiger partial charge in [0.1, 0.15) is 12.1 Å². The van der Waals surface area contributed by atoms with Crippen molar-refractivity contribution >= 4 is 29.0 Å². The fourth-order valence-corrected chi connectivity index (χ4v) is 3.16. The molecule has 3 rings (SSSR count). The second-order valence-electron chi connectivity index (χ2n) is 5.27. The number of aromatic nitrogens is 3. The summed E-state index contributed by atoms with van der Waals surface area (Å²) >= 11 is 12.6. The van der Waals surface area contributed by atoms with E-state index in [0.717, 1.165) is 31.5 Å². The van der Waals surface area contributed by atoms with Crippen molar-refractivity contribution in [2.75, 3.05) is 11.9 Å². The molecule has 0 unspecified atom stereocenters. The molecule has 2 aromatic rings. The van der Waals surface area contributed by atoms with Gasteiger partial charge in [0.15, 0.2) is 5.82 Å². The zero-order valence-corrected chi connectivity index (χ0v) is 13.5. The fourth-order valence-electron chi connectivity index (χ4n) is 2.64. The van der Waals surface area contributed by atoms with Crippen LogP contribution in [-0.2, 0) is 12.8 Å². The molecule has 2 heterocycles. The number of rotatable bonds is 4. The van der Waals surface area contributed by atoms with Crippen LogP contribution in [0, 0.1) is 0 Å². The van der Waals surface area contributed by atoms with Gasteiger partial charge in [0.05, 0.1) is 15.7 Å². The molecule has 1 N–H and O–H groups in total. The quantitative estimate of drug-likeness (QED) is 0.912. The number of pyridine rings is 1. The Morgan fingerprint density at radius 2 is 2.05 bits per heavy atom. The van der Waals surface area contributed by atoms with Crippen molar-refractivity contribution < 1.29 is 0 Å². The highest BCUT2D eigenvalue weighted by Gasteiger charge is 2.19. The first kappa shape index (κ1) is 14.7. The van der Waals surface area contributed by atoms with Crippen LogP contribution < -0.4 is 5.32 Å². The number of halogens is 2. The normalized spacial score (nSPS) is 14.0. The summed E-state index contributed by atoms with van der Waals surface area (Å²) in [5.74, 6) is 1.38. The van der Waals surface area contributed by atoms with Gasteiger partial charge in [-0.3, -0.25) is 4.57 Å². The summed E-state index contributed by atoms with van der Waals surface area (Å²) < 4.78 is 2.00. The molecule has 0 radical (unpaired) electrons. The van der Waals surface area contributed by atoms with E-state index in [4.69, 9.17) is 23.2 Å². The number of nitrogens with zero attached hydrogens (tertiary/aromatic N) is 3. The average Bonchev–Trinajstić information content (AvgIpc) is 2.90. The Bertz CT molecular complexity index is 651. The van der Waals surface area contributed by atoms with Crippen LogP contribution in [0.4, 0.5) is 5.82 Å². The molecule has 0 aromatic carbocycles. The summed E-state index contributed by atoms with van der Waals surface area (Å²) in [7, 11) is 0. The van der Waals surface area contributed by atoms with E-state index in [1.165, 1.54) is 18.5 Å². The predicted octanol–water partition coefficient (Wildman–Crippen LogP) is 4.27. The van der Waals surface area contributed by atoms with Crippen LogP contribution in [0.15, 0.2) is 12.4 Å². The molecule has 0 bridgehead atoms. The molecule has 2 aromatic heterocycles. The molecule has 4 nitrogen and oxygen atoms in total. The fraction of sp³-hybridized carbons (Fsp3) is 0.467. The molecular formula is C15H18Cl2N4. The van der Waals surface area contributed by atoms with Gasteiger partial charge in [0.25, 0.3) is 0 Å². The van der Waals surface area contributed by atoms with Crippen LogP contribution in [0.5, 0.6) is 0 Å². The van der Waals surface area contributed by atoms with Crippen LogP contribution >= 0.6 is 23.2 Å². The molecule has 0 spiro atoms. The lowest BCUT2D eigenvalue weighted by molar-refractivity contribution is 0.654.